The van der Waals surface area contributed by atoms with Gasteiger partial charge in [-0.25, -0.2) is 24.6 Å². The Balaban J connectivity index is 1.31. The summed E-state index contributed by atoms with van der Waals surface area (Å²) in [5.74, 6) is 2.49. The molecule has 1 saturated carbocycles. The topological polar surface area (TPSA) is 90.6 Å². The first-order valence-corrected chi connectivity index (χ1v) is 11.1. The van der Waals surface area contributed by atoms with Crippen molar-refractivity contribution in [3.05, 3.63) is 43.2 Å². The van der Waals surface area contributed by atoms with Crippen LogP contribution in [0.4, 0.5) is 5.13 Å². The first-order chi connectivity index (χ1) is 14.7. The second kappa shape index (κ2) is 8.35. The zero-order valence-corrected chi connectivity index (χ0v) is 17.5. The number of nitrogens with zero attached hydrogens (tertiary/aromatic N) is 6. The van der Waals surface area contributed by atoms with Crippen LogP contribution in [0.2, 0.25) is 0 Å². The number of nitrogens with one attached hydrogen (secondary N) is 1. The van der Waals surface area contributed by atoms with Crippen LogP contribution in [0.15, 0.2) is 43.2 Å². The van der Waals surface area contributed by atoms with Crippen molar-refractivity contribution < 1.29 is 4.74 Å². The van der Waals surface area contributed by atoms with Crippen molar-refractivity contribution >= 4 is 26.7 Å². The average molecular weight is 422 g/mol. The molecule has 0 bridgehead atoms. The Labute approximate surface area is 178 Å². The highest BCUT2D eigenvalue weighted by Crippen LogP contribution is 2.33. The van der Waals surface area contributed by atoms with Gasteiger partial charge in [-0.05, 0) is 37.8 Å². The van der Waals surface area contributed by atoms with E-state index in [4.69, 9.17) is 9.72 Å². The van der Waals surface area contributed by atoms with E-state index in [0.717, 1.165) is 21.3 Å². The van der Waals surface area contributed by atoms with Crippen LogP contribution in [0.1, 0.15) is 39.0 Å². The van der Waals surface area contributed by atoms with Crippen molar-refractivity contribution in [2.75, 3.05) is 5.32 Å². The summed E-state index contributed by atoms with van der Waals surface area (Å²) >= 11 is 1.66. The van der Waals surface area contributed by atoms with E-state index in [1.165, 1.54) is 44.8 Å². The molecule has 1 unspecified atom stereocenters. The molecule has 9 heteroatoms. The third kappa shape index (κ3) is 4.11. The fraction of sp³-hybridized carbons (Fsp3) is 0.381. The summed E-state index contributed by atoms with van der Waals surface area (Å²) in [4.78, 5) is 17.1. The van der Waals surface area contributed by atoms with Crippen LogP contribution in [-0.4, -0.2) is 35.8 Å². The molecule has 5 rings (SSSR count). The van der Waals surface area contributed by atoms with Crippen molar-refractivity contribution in [1.29, 1.82) is 0 Å². The van der Waals surface area contributed by atoms with Crippen LogP contribution in [0.5, 0.6) is 11.6 Å². The van der Waals surface area contributed by atoms with Crippen molar-refractivity contribution in [2.24, 2.45) is 5.92 Å². The number of fused-ring (bicyclic) bond motifs is 1. The van der Waals surface area contributed by atoms with Crippen LogP contribution in [0.3, 0.4) is 0 Å². The molecule has 8 nitrogen and oxygen atoms in total. The molecule has 1 aliphatic rings. The number of rotatable bonds is 6. The predicted octanol–water partition coefficient (Wildman–Crippen LogP) is 4.84. The Morgan fingerprint density at radius 2 is 2.03 bits per heavy atom. The minimum absolute atomic E-state index is 0.442. The molecule has 0 radical (unpaired) electrons. The molecule has 154 valence electrons. The molecule has 1 aliphatic carbocycles. The molecule has 1 N–H and O–H groups in total. The van der Waals surface area contributed by atoms with Gasteiger partial charge in [0.15, 0.2) is 10.9 Å². The summed E-state index contributed by atoms with van der Waals surface area (Å²) in [6, 6.07) is 8.06. The highest BCUT2D eigenvalue weighted by molar-refractivity contribution is 7.22. The molecule has 1 atom stereocenters. The molecule has 0 saturated heterocycles. The van der Waals surface area contributed by atoms with Gasteiger partial charge in [-0.15, -0.1) is 0 Å². The summed E-state index contributed by atoms with van der Waals surface area (Å²) < 4.78 is 8.60. The van der Waals surface area contributed by atoms with Crippen LogP contribution >= 0.6 is 11.3 Å². The minimum Gasteiger partial charge on any atom is -0.439 e. The molecule has 3 heterocycles. The Bertz CT molecular complexity index is 1120. The quantitative estimate of drug-likeness (QED) is 0.476. The second-order valence-electron chi connectivity index (χ2n) is 7.64. The summed E-state index contributed by atoms with van der Waals surface area (Å²) in [6.07, 6.45) is 11.2. The van der Waals surface area contributed by atoms with Gasteiger partial charge in [-0.2, -0.15) is 5.10 Å². The normalized spacial score (nSPS) is 15.9. The molecule has 4 aromatic rings. The van der Waals surface area contributed by atoms with E-state index in [9.17, 15) is 0 Å². The Morgan fingerprint density at radius 3 is 2.87 bits per heavy atom. The fourth-order valence-corrected chi connectivity index (χ4v) is 4.93. The van der Waals surface area contributed by atoms with Gasteiger partial charge in [0.05, 0.1) is 10.2 Å². The molecular formula is C21H23N7OS. The highest BCUT2D eigenvalue weighted by Gasteiger charge is 2.21. The van der Waals surface area contributed by atoms with Gasteiger partial charge in [0.25, 0.3) is 0 Å². The Morgan fingerprint density at radius 1 is 1.13 bits per heavy atom. The summed E-state index contributed by atoms with van der Waals surface area (Å²) in [7, 11) is 0. The standard InChI is InChI=1S/C21H23N7OS/c1-14(15-5-3-2-4-6-15)26-21-27-17-8-7-16(9-18(17)30-21)29-20-10-19(23-12-24-20)28-13-22-11-25-28/h7-15H,2-6H2,1H3,(H,26,27). The lowest BCUT2D eigenvalue weighted by atomic mass is 9.85. The third-order valence-corrected chi connectivity index (χ3v) is 6.52. The molecule has 0 amide bonds. The van der Waals surface area contributed by atoms with Crippen LogP contribution in [0.25, 0.3) is 16.0 Å². The number of benzene rings is 1. The summed E-state index contributed by atoms with van der Waals surface area (Å²) in [5.41, 5.74) is 0.969. The summed E-state index contributed by atoms with van der Waals surface area (Å²) in [6.45, 7) is 2.28. The van der Waals surface area contributed by atoms with E-state index < -0.39 is 0 Å². The Kier molecular flexibility index (Phi) is 5.27. The molecule has 30 heavy (non-hydrogen) atoms. The zero-order valence-electron chi connectivity index (χ0n) is 16.7. The van der Waals surface area contributed by atoms with E-state index >= 15 is 0 Å². The maximum atomic E-state index is 5.96. The molecule has 1 aromatic carbocycles. The second-order valence-corrected chi connectivity index (χ2v) is 8.67. The Hall–Kier alpha value is -3.07. The van der Waals surface area contributed by atoms with Crippen molar-refractivity contribution in [2.45, 2.75) is 45.1 Å². The van der Waals surface area contributed by atoms with Crippen LogP contribution < -0.4 is 10.1 Å². The highest BCUT2D eigenvalue weighted by atomic mass is 32.1. The maximum Gasteiger partial charge on any atom is 0.224 e. The smallest absolute Gasteiger partial charge is 0.224 e. The first kappa shape index (κ1) is 18.9. The molecule has 0 aliphatic heterocycles. The van der Waals surface area contributed by atoms with E-state index in [-0.39, 0.29) is 0 Å². The SMILES string of the molecule is CC(Nc1nc2ccc(Oc3cc(-n4cncn4)ncn3)cc2s1)C1CCCCC1. The zero-order chi connectivity index (χ0) is 20.3. The summed E-state index contributed by atoms with van der Waals surface area (Å²) in [5, 5.41) is 8.67. The molecular weight excluding hydrogens is 398 g/mol. The van der Waals surface area contributed by atoms with Gasteiger partial charge < -0.3 is 10.1 Å². The fourth-order valence-electron chi connectivity index (χ4n) is 3.94. The number of aromatic nitrogens is 6. The lowest BCUT2D eigenvalue weighted by Gasteiger charge is -2.28. The van der Waals surface area contributed by atoms with E-state index in [2.05, 4.69) is 32.3 Å². The lowest BCUT2D eigenvalue weighted by Crippen LogP contribution is -2.27. The third-order valence-electron chi connectivity index (χ3n) is 5.57. The minimum atomic E-state index is 0.442. The van der Waals surface area contributed by atoms with E-state index in [1.807, 2.05) is 18.2 Å². The van der Waals surface area contributed by atoms with Crippen molar-refractivity contribution in [3.8, 4) is 17.4 Å². The molecule has 0 spiro atoms. The van der Waals surface area contributed by atoms with Crippen LogP contribution in [0, 0.1) is 5.92 Å². The van der Waals surface area contributed by atoms with E-state index in [0.29, 0.717) is 23.5 Å². The predicted molar refractivity (Wildman–Crippen MR) is 116 cm³/mol. The monoisotopic (exact) mass is 421 g/mol. The number of hydrogen-bond acceptors (Lipinski definition) is 8. The number of anilines is 1. The van der Waals surface area contributed by atoms with Crippen molar-refractivity contribution in [3.63, 3.8) is 0 Å². The number of hydrogen-bond donors (Lipinski definition) is 1. The van der Waals surface area contributed by atoms with Gasteiger partial charge in [-0.3, -0.25) is 0 Å². The first-order valence-electron chi connectivity index (χ1n) is 10.3. The van der Waals surface area contributed by atoms with Gasteiger partial charge in [-0.1, -0.05) is 30.6 Å². The molecule has 3 aromatic heterocycles. The van der Waals surface area contributed by atoms with Gasteiger partial charge in [0, 0.05) is 18.2 Å². The number of thiazole rings is 1. The van der Waals surface area contributed by atoms with Gasteiger partial charge in [0.2, 0.25) is 5.88 Å². The van der Waals surface area contributed by atoms with E-state index in [1.54, 1.807) is 28.4 Å². The maximum absolute atomic E-state index is 5.96. The van der Waals surface area contributed by atoms with Gasteiger partial charge in [0.1, 0.15) is 24.7 Å². The lowest BCUT2D eigenvalue weighted by molar-refractivity contribution is 0.328. The van der Waals surface area contributed by atoms with Crippen LogP contribution in [-0.2, 0) is 0 Å². The average Bonchev–Trinajstić information content (AvgIpc) is 3.44. The largest absolute Gasteiger partial charge is 0.439 e. The molecule has 1 fully saturated rings. The van der Waals surface area contributed by atoms with Crippen molar-refractivity contribution in [1.82, 2.24) is 29.7 Å². The number of ether oxygens (including phenoxy) is 1. The van der Waals surface area contributed by atoms with Gasteiger partial charge >= 0.3 is 0 Å².